The standard InChI is InChI=1S/C19H25F2N5O2.HI/c1-2-22-19(23-6-12-27-16-3-4-17(20)18(21)13-16)26-9-7-25(8-10-26)14-15-5-11-28-24-15;/h3-5,11,13H,2,6-10,12,14H2,1H3,(H,22,23);1H. The van der Waals surface area contributed by atoms with Crippen LogP contribution in [0.2, 0.25) is 0 Å². The van der Waals surface area contributed by atoms with Crippen molar-refractivity contribution in [3.63, 3.8) is 0 Å². The average molecular weight is 521 g/mol. The Kier molecular flexibility index (Phi) is 9.58. The molecule has 0 radical (unpaired) electrons. The Labute approximate surface area is 186 Å². The second kappa shape index (κ2) is 11.9. The van der Waals surface area contributed by atoms with Crippen LogP contribution >= 0.6 is 24.0 Å². The largest absolute Gasteiger partial charge is 0.492 e. The zero-order valence-electron chi connectivity index (χ0n) is 16.3. The molecule has 0 bridgehead atoms. The van der Waals surface area contributed by atoms with Crippen molar-refractivity contribution in [1.29, 1.82) is 0 Å². The highest BCUT2D eigenvalue weighted by Crippen LogP contribution is 2.15. The normalized spacial score (nSPS) is 15.1. The van der Waals surface area contributed by atoms with E-state index in [2.05, 4.69) is 25.3 Å². The summed E-state index contributed by atoms with van der Waals surface area (Å²) in [5, 5.41) is 7.25. The van der Waals surface area contributed by atoms with Crippen LogP contribution in [0.1, 0.15) is 12.6 Å². The SMILES string of the molecule is CCNC(=NCCOc1ccc(F)c(F)c1)N1CCN(Cc2ccon2)CC1.I. The molecule has 2 heterocycles. The van der Waals surface area contributed by atoms with Crippen LogP contribution in [0.15, 0.2) is 40.0 Å². The molecule has 0 unspecified atom stereocenters. The fourth-order valence-electron chi connectivity index (χ4n) is 2.97. The lowest BCUT2D eigenvalue weighted by atomic mass is 10.3. The van der Waals surface area contributed by atoms with Gasteiger partial charge in [-0.3, -0.25) is 4.90 Å². The van der Waals surface area contributed by atoms with Crippen molar-refractivity contribution in [2.24, 2.45) is 4.99 Å². The third kappa shape index (κ3) is 7.11. The minimum atomic E-state index is -0.919. The van der Waals surface area contributed by atoms with Crippen molar-refractivity contribution in [3.05, 3.63) is 47.9 Å². The number of hydrogen-bond acceptors (Lipinski definition) is 5. The first-order valence-electron chi connectivity index (χ1n) is 9.38. The van der Waals surface area contributed by atoms with E-state index < -0.39 is 11.6 Å². The molecule has 0 aliphatic carbocycles. The van der Waals surface area contributed by atoms with Gasteiger partial charge in [0.25, 0.3) is 0 Å². The van der Waals surface area contributed by atoms with Crippen molar-refractivity contribution in [1.82, 2.24) is 20.3 Å². The van der Waals surface area contributed by atoms with E-state index >= 15 is 0 Å². The molecule has 1 aromatic heterocycles. The Morgan fingerprint density at radius 1 is 1.21 bits per heavy atom. The van der Waals surface area contributed by atoms with Gasteiger partial charge in [0.2, 0.25) is 0 Å². The summed E-state index contributed by atoms with van der Waals surface area (Å²) in [5.41, 5.74) is 0.934. The molecule has 1 aromatic carbocycles. The van der Waals surface area contributed by atoms with E-state index in [1.54, 1.807) is 6.26 Å². The summed E-state index contributed by atoms with van der Waals surface area (Å²) in [6, 6.07) is 5.38. The molecule has 1 saturated heterocycles. The fraction of sp³-hybridized carbons (Fsp3) is 0.474. The number of ether oxygens (including phenoxy) is 1. The number of aromatic nitrogens is 1. The molecule has 0 atom stereocenters. The van der Waals surface area contributed by atoms with Gasteiger partial charge in [0.15, 0.2) is 17.6 Å². The quantitative estimate of drug-likeness (QED) is 0.262. The van der Waals surface area contributed by atoms with Crippen LogP contribution in [0, 0.1) is 11.6 Å². The second-order valence-corrected chi connectivity index (χ2v) is 6.41. The Hall–Kier alpha value is -1.95. The predicted octanol–water partition coefficient (Wildman–Crippen LogP) is 2.73. The van der Waals surface area contributed by atoms with Crippen LogP contribution in [-0.2, 0) is 6.54 Å². The number of rotatable bonds is 7. The first kappa shape index (κ1) is 23.3. The van der Waals surface area contributed by atoms with Crippen LogP contribution in [0.3, 0.4) is 0 Å². The topological polar surface area (TPSA) is 66.1 Å². The second-order valence-electron chi connectivity index (χ2n) is 6.41. The Morgan fingerprint density at radius 2 is 2.00 bits per heavy atom. The molecule has 160 valence electrons. The number of hydrogen-bond donors (Lipinski definition) is 1. The number of aliphatic imine (C=N–C) groups is 1. The van der Waals surface area contributed by atoms with Gasteiger partial charge in [-0.25, -0.2) is 13.8 Å². The van der Waals surface area contributed by atoms with Crippen LogP contribution in [-0.4, -0.2) is 66.8 Å². The minimum Gasteiger partial charge on any atom is -0.492 e. The number of nitrogens with zero attached hydrogens (tertiary/aromatic N) is 4. The van der Waals surface area contributed by atoms with Gasteiger partial charge < -0.3 is 19.5 Å². The van der Waals surface area contributed by atoms with Crippen LogP contribution in [0.4, 0.5) is 8.78 Å². The Balaban J connectivity index is 0.00000300. The van der Waals surface area contributed by atoms with Crippen LogP contribution < -0.4 is 10.1 Å². The third-order valence-electron chi connectivity index (χ3n) is 4.40. The molecule has 2 aromatic rings. The minimum absolute atomic E-state index is 0. The smallest absolute Gasteiger partial charge is 0.194 e. The maximum atomic E-state index is 13.2. The highest BCUT2D eigenvalue weighted by molar-refractivity contribution is 14.0. The molecule has 0 saturated carbocycles. The zero-order chi connectivity index (χ0) is 19.8. The summed E-state index contributed by atoms with van der Waals surface area (Å²) < 4.78 is 36.5. The van der Waals surface area contributed by atoms with E-state index in [1.807, 2.05) is 13.0 Å². The van der Waals surface area contributed by atoms with Gasteiger partial charge in [0.05, 0.1) is 12.2 Å². The van der Waals surface area contributed by atoms with Crippen molar-refractivity contribution in [3.8, 4) is 5.75 Å². The van der Waals surface area contributed by atoms with Crippen molar-refractivity contribution in [2.75, 3.05) is 45.9 Å². The van der Waals surface area contributed by atoms with Gasteiger partial charge in [0, 0.05) is 51.4 Å². The molecule has 1 aliphatic heterocycles. The lowest BCUT2D eigenvalue weighted by Crippen LogP contribution is -2.52. The molecule has 3 rings (SSSR count). The third-order valence-corrected chi connectivity index (χ3v) is 4.40. The number of nitrogens with one attached hydrogen (secondary N) is 1. The highest BCUT2D eigenvalue weighted by atomic mass is 127. The van der Waals surface area contributed by atoms with Gasteiger partial charge in [-0.1, -0.05) is 5.16 Å². The van der Waals surface area contributed by atoms with Crippen molar-refractivity contribution < 1.29 is 18.0 Å². The summed E-state index contributed by atoms with van der Waals surface area (Å²) in [6.07, 6.45) is 1.59. The fourth-order valence-corrected chi connectivity index (χ4v) is 2.97. The first-order valence-corrected chi connectivity index (χ1v) is 9.38. The number of halogens is 3. The van der Waals surface area contributed by atoms with Crippen molar-refractivity contribution in [2.45, 2.75) is 13.5 Å². The molecule has 0 spiro atoms. The molecule has 10 heteroatoms. The number of piperazine rings is 1. The van der Waals surface area contributed by atoms with E-state index in [0.717, 1.165) is 63.1 Å². The molecule has 29 heavy (non-hydrogen) atoms. The van der Waals surface area contributed by atoms with E-state index in [-0.39, 0.29) is 30.6 Å². The predicted molar refractivity (Wildman–Crippen MR) is 117 cm³/mol. The molecule has 1 fully saturated rings. The van der Waals surface area contributed by atoms with Gasteiger partial charge >= 0.3 is 0 Å². The van der Waals surface area contributed by atoms with E-state index in [4.69, 9.17) is 9.26 Å². The summed E-state index contributed by atoms with van der Waals surface area (Å²) in [6.45, 7) is 7.79. The summed E-state index contributed by atoms with van der Waals surface area (Å²) in [4.78, 5) is 9.12. The van der Waals surface area contributed by atoms with Crippen LogP contribution in [0.25, 0.3) is 0 Å². The Bertz CT molecular complexity index is 768. The van der Waals surface area contributed by atoms with Gasteiger partial charge in [-0.05, 0) is 19.1 Å². The lowest BCUT2D eigenvalue weighted by Gasteiger charge is -2.36. The summed E-state index contributed by atoms with van der Waals surface area (Å²) in [5.74, 6) is -0.682. The highest BCUT2D eigenvalue weighted by Gasteiger charge is 2.20. The monoisotopic (exact) mass is 521 g/mol. The van der Waals surface area contributed by atoms with E-state index in [0.29, 0.717) is 12.3 Å². The Morgan fingerprint density at radius 3 is 2.66 bits per heavy atom. The van der Waals surface area contributed by atoms with Gasteiger partial charge in [0.1, 0.15) is 18.6 Å². The van der Waals surface area contributed by atoms with Crippen LogP contribution in [0.5, 0.6) is 5.75 Å². The molecule has 1 aliphatic rings. The van der Waals surface area contributed by atoms with E-state index in [9.17, 15) is 8.78 Å². The van der Waals surface area contributed by atoms with Crippen molar-refractivity contribution >= 4 is 29.9 Å². The van der Waals surface area contributed by atoms with Gasteiger partial charge in [-0.15, -0.1) is 24.0 Å². The maximum Gasteiger partial charge on any atom is 0.194 e. The summed E-state index contributed by atoms with van der Waals surface area (Å²) >= 11 is 0. The lowest BCUT2D eigenvalue weighted by molar-refractivity contribution is 0.169. The molecular weight excluding hydrogens is 495 g/mol. The molecule has 7 nitrogen and oxygen atoms in total. The average Bonchev–Trinajstić information content (AvgIpc) is 3.21. The molecular formula is C19H26F2IN5O2. The number of guanidine groups is 1. The first-order chi connectivity index (χ1) is 13.7. The molecule has 0 amide bonds. The summed E-state index contributed by atoms with van der Waals surface area (Å²) in [7, 11) is 0. The number of benzene rings is 1. The van der Waals surface area contributed by atoms with E-state index in [1.165, 1.54) is 6.07 Å². The van der Waals surface area contributed by atoms with Gasteiger partial charge in [-0.2, -0.15) is 0 Å². The molecule has 1 N–H and O–H groups in total. The maximum absolute atomic E-state index is 13.2. The zero-order valence-corrected chi connectivity index (χ0v) is 18.6.